The minimum absolute atomic E-state index is 0.240. The molecular weight excluding hydrogens is 478 g/mol. The van der Waals surface area contributed by atoms with Gasteiger partial charge in [0.1, 0.15) is 11.8 Å². The Kier molecular flexibility index (Phi) is 9.39. The molecule has 0 aliphatic carbocycles. The summed E-state index contributed by atoms with van der Waals surface area (Å²) in [6.07, 6.45) is -1.29. The Balaban J connectivity index is 1.72. The number of nitrogens with one attached hydrogen (secondary N) is 2. The van der Waals surface area contributed by atoms with Crippen LogP contribution in [0.25, 0.3) is 0 Å². The smallest absolute Gasteiger partial charge is 0.258 e. The molecule has 8 nitrogen and oxygen atoms in total. The topological polar surface area (TPSA) is 108 Å². The molecule has 3 amide bonds. The molecule has 2 aromatic carbocycles. The van der Waals surface area contributed by atoms with Crippen molar-refractivity contribution in [3.05, 3.63) is 65.7 Å². The normalized spacial score (nSPS) is 17.2. The maximum Gasteiger partial charge on any atom is 0.258 e. The van der Waals surface area contributed by atoms with Gasteiger partial charge in [-0.3, -0.25) is 14.4 Å². The molecule has 0 saturated carbocycles. The standard InChI is InChI=1S/C27H35N3O5S/c1-18-10-8-9-13-22(18)35-15-23(31)28-20(14-19-11-6-5-7-12-19)24(32)26(34)30-17-36-16-21(30)25(33)29-27(2,3)4/h5-13,20-21,24,32H,14-17H2,1-4H3,(H,28,31)(H,29,33)/t20-,21-,24-/m0/s1. The third-order valence-corrected chi connectivity index (χ3v) is 6.71. The van der Waals surface area contributed by atoms with Crippen molar-refractivity contribution in [1.82, 2.24) is 15.5 Å². The summed E-state index contributed by atoms with van der Waals surface area (Å²) >= 11 is 1.45. The zero-order valence-corrected chi connectivity index (χ0v) is 22.0. The van der Waals surface area contributed by atoms with Gasteiger partial charge >= 0.3 is 0 Å². The van der Waals surface area contributed by atoms with E-state index in [-0.39, 0.29) is 18.9 Å². The van der Waals surface area contributed by atoms with Crippen molar-refractivity contribution in [3.63, 3.8) is 0 Å². The summed E-state index contributed by atoms with van der Waals surface area (Å²) in [6.45, 7) is 7.25. The highest BCUT2D eigenvalue weighted by molar-refractivity contribution is 7.99. The minimum Gasteiger partial charge on any atom is -0.484 e. The number of hydrogen-bond donors (Lipinski definition) is 3. The molecule has 194 valence electrons. The fourth-order valence-electron chi connectivity index (χ4n) is 3.89. The van der Waals surface area contributed by atoms with Crippen LogP contribution >= 0.6 is 11.8 Å². The number of aliphatic hydroxyl groups excluding tert-OH is 1. The van der Waals surface area contributed by atoms with Crippen molar-refractivity contribution in [1.29, 1.82) is 0 Å². The van der Waals surface area contributed by atoms with Gasteiger partial charge in [0.15, 0.2) is 12.7 Å². The molecule has 3 N–H and O–H groups in total. The van der Waals surface area contributed by atoms with Crippen molar-refractivity contribution in [2.45, 2.75) is 57.8 Å². The van der Waals surface area contributed by atoms with E-state index in [2.05, 4.69) is 10.6 Å². The lowest BCUT2D eigenvalue weighted by Gasteiger charge is -2.31. The summed E-state index contributed by atoms with van der Waals surface area (Å²) in [6, 6.07) is 15.1. The highest BCUT2D eigenvalue weighted by Crippen LogP contribution is 2.24. The second-order valence-electron chi connectivity index (χ2n) is 9.93. The number of benzene rings is 2. The molecule has 0 radical (unpaired) electrons. The fraction of sp³-hybridized carbons (Fsp3) is 0.444. The molecule has 1 fully saturated rings. The SMILES string of the molecule is Cc1ccccc1OCC(=O)N[C@@H](Cc1ccccc1)[C@H](O)C(=O)N1CSC[C@H]1C(=O)NC(C)(C)C. The summed E-state index contributed by atoms with van der Waals surface area (Å²) in [4.78, 5) is 40.3. The van der Waals surface area contributed by atoms with Gasteiger partial charge in [0.2, 0.25) is 5.91 Å². The van der Waals surface area contributed by atoms with Crippen LogP contribution < -0.4 is 15.4 Å². The van der Waals surface area contributed by atoms with Gasteiger partial charge in [0.05, 0.1) is 11.9 Å². The van der Waals surface area contributed by atoms with Crippen molar-refractivity contribution in [2.75, 3.05) is 18.2 Å². The molecule has 1 heterocycles. The third-order valence-electron chi connectivity index (χ3n) is 5.70. The highest BCUT2D eigenvalue weighted by atomic mass is 32.2. The molecule has 0 aromatic heterocycles. The molecule has 9 heteroatoms. The number of aryl methyl sites for hydroxylation is 1. The van der Waals surface area contributed by atoms with Gasteiger partial charge in [-0.1, -0.05) is 48.5 Å². The van der Waals surface area contributed by atoms with E-state index in [4.69, 9.17) is 4.74 Å². The number of carbonyl (C=O) groups excluding carboxylic acids is 3. The van der Waals surface area contributed by atoms with Gasteiger partial charge in [0.25, 0.3) is 11.8 Å². The van der Waals surface area contributed by atoms with Crippen LogP contribution in [0.1, 0.15) is 31.9 Å². The molecule has 0 unspecified atom stereocenters. The average molecular weight is 514 g/mol. The maximum absolute atomic E-state index is 13.4. The van der Waals surface area contributed by atoms with E-state index in [1.165, 1.54) is 16.7 Å². The molecule has 1 aliphatic rings. The molecule has 0 spiro atoms. The number of aliphatic hydroxyl groups is 1. The molecule has 3 rings (SSSR count). The number of rotatable bonds is 9. The highest BCUT2D eigenvalue weighted by Gasteiger charge is 2.40. The third kappa shape index (κ3) is 7.73. The van der Waals surface area contributed by atoms with Crippen LogP contribution in [-0.4, -0.2) is 69.7 Å². The molecule has 1 saturated heterocycles. The first-order chi connectivity index (χ1) is 17.0. The summed E-state index contributed by atoms with van der Waals surface area (Å²) in [5, 5.41) is 16.8. The van der Waals surface area contributed by atoms with Crippen molar-refractivity contribution in [2.24, 2.45) is 0 Å². The number of thioether (sulfide) groups is 1. The number of amides is 3. The number of hydrogen-bond acceptors (Lipinski definition) is 6. The van der Waals surface area contributed by atoms with Crippen LogP contribution in [-0.2, 0) is 20.8 Å². The summed E-state index contributed by atoms with van der Waals surface area (Å²) in [7, 11) is 0. The average Bonchev–Trinajstić information content (AvgIpc) is 3.32. The number of para-hydroxylation sites is 1. The zero-order chi connectivity index (χ0) is 26.3. The molecule has 3 atom stereocenters. The molecule has 1 aliphatic heterocycles. The predicted molar refractivity (Wildman–Crippen MR) is 141 cm³/mol. The Hall–Kier alpha value is -3.04. The summed E-state index contributed by atoms with van der Waals surface area (Å²) < 4.78 is 5.64. The lowest BCUT2D eigenvalue weighted by molar-refractivity contribution is -0.147. The quantitative estimate of drug-likeness (QED) is 0.475. The first-order valence-electron chi connectivity index (χ1n) is 11.9. The van der Waals surface area contributed by atoms with Gasteiger partial charge < -0.3 is 25.4 Å². The second-order valence-corrected chi connectivity index (χ2v) is 10.9. The van der Waals surface area contributed by atoms with Gasteiger partial charge in [-0.05, 0) is 51.3 Å². The Morgan fingerprint density at radius 1 is 1.11 bits per heavy atom. The van der Waals surface area contributed by atoms with E-state index < -0.39 is 35.5 Å². The zero-order valence-electron chi connectivity index (χ0n) is 21.2. The Bertz CT molecular complexity index is 1060. The van der Waals surface area contributed by atoms with Gasteiger partial charge in [0, 0.05) is 11.3 Å². The van der Waals surface area contributed by atoms with E-state index in [1.807, 2.05) is 76.2 Å². The fourth-order valence-corrected chi connectivity index (χ4v) is 5.06. The Morgan fingerprint density at radius 2 is 1.78 bits per heavy atom. The van der Waals surface area contributed by atoms with Gasteiger partial charge in [-0.25, -0.2) is 0 Å². The largest absolute Gasteiger partial charge is 0.484 e. The number of ether oxygens (including phenoxy) is 1. The monoisotopic (exact) mass is 513 g/mol. The van der Waals surface area contributed by atoms with Crippen LogP contribution in [0.5, 0.6) is 5.75 Å². The second kappa shape index (κ2) is 12.3. The van der Waals surface area contributed by atoms with Crippen molar-refractivity contribution < 1.29 is 24.2 Å². The molecular formula is C27H35N3O5S. The van der Waals surface area contributed by atoms with Gasteiger partial charge in [-0.15, -0.1) is 11.8 Å². The Morgan fingerprint density at radius 3 is 2.44 bits per heavy atom. The first kappa shape index (κ1) is 27.5. The molecule has 0 bridgehead atoms. The number of nitrogens with zero attached hydrogens (tertiary/aromatic N) is 1. The minimum atomic E-state index is -1.53. The van der Waals surface area contributed by atoms with E-state index in [0.717, 1.165) is 11.1 Å². The van der Waals surface area contributed by atoms with Crippen LogP contribution in [0.4, 0.5) is 0 Å². The molecule has 36 heavy (non-hydrogen) atoms. The van der Waals surface area contributed by atoms with E-state index in [9.17, 15) is 19.5 Å². The van der Waals surface area contributed by atoms with Gasteiger partial charge in [-0.2, -0.15) is 0 Å². The first-order valence-corrected chi connectivity index (χ1v) is 13.1. The molecule has 2 aromatic rings. The Labute approximate surface area is 216 Å². The van der Waals surface area contributed by atoms with E-state index >= 15 is 0 Å². The van der Waals surface area contributed by atoms with Crippen LogP contribution in [0.3, 0.4) is 0 Å². The lowest BCUT2D eigenvalue weighted by Crippen LogP contribution is -2.58. The van der Waals surface area contributed by atoms with Crippen molar-refractivity contribution >= 4 is 29.5 Å². The maximum atomic E-state index is 13.4. The van der Waals surface area contributed by atoms with Crippen LogP contribution in [0.15, 0.2) is 54.6 Å². The summed E-state index contributed by atoms with van der Waals surface area (Å²) in [5.41, 5.74) is 1.30. The lowest BCUT2D eigenvalue weighted by atomic mass is 9.99. The summed E-state index contributed by atoms with van der Waals surface area (Å²) in [5.74, 6) is 0.0221. The predicted octanol–water partition coefficient (Wildman–Crippen LogP) is 2.28. The number of carbonyl (C=O) groups is 3. The van der Waals surface area contributed by atoms with Crippen LogP contribution in [0, 0.1) is 6.92 Å². The van der Waals surface area contributed by atoms with Crippen molar-refractivity contribution in [3.8, 4) is 5.75 Å². The van der Waals surface area contributed by atoms with E-state index in [1.54, 1.807) is 6.07 Å². The van der Waals surface area contributed by atoms with E-state index in [0.29, 0.717) is 17.4 Å². The van der Waals surface area contributed by atoms with Crippen LogP contribution in [0.2, 0.25) is 0 Å².